The number of benzene rings is 1. The van der Waals surface area contributed by atoms with Crippen LogP contribution in [0.5, 0.6) is 0 Å². The van der Waals surface area contributed by atoms with E-state index in [9.17, 15) is 9.59 Å². The van der Waals surface area contributed by atoms with E-state index in [0.717, 1.165) is 36.3 Å². The van der Waals surface area contributed by atoms with E-state index in [1.54, 1.807) is 0 Å². The number of fused-ring (bicyclic) bond motifs is 5. The lowest BCUT2D eigenvalue weighted by atomic mass is 9.48. The molecule has 3 aliphatic carbocycles. The molecular formula is C28H37ClN2O2. The van der Waals surface area contributed by atoms with Crippen molar-refractivity contribution >= 4 is 23.4 Å². The summed E-state index contributed by atoms with van der Waals surface area (Å²) < 4.78 is 0. The molecule has 7 atom stereocenters. The maximum atomic E-state index is 12.9. The minimum Gasteiger partial charge on any atom is -0.353 e. The van der Waals surface area contributed by atoms with Crippen molar-refractivity contribution in [1.29, 1.82) is 0 Å². The summed E-state index contributed by atoms with van der Waals surface area (Å²) in [6.45, 7) is 4.83. The van der Waals surface area contributed by atoms with Gasteiger partial charge in [0.15, 0.2) is 0 Å². The number of likely N-dealkylation sites (N-methyl/N-ethyl adjacent to an activating group) is 1. The molecule has 1 aliphatic heterocycles. The third-order valence-electron chi connectivity index (χ3n) is 10.0. The van der Waals surface area contributed by atoms with Gasteiger partial charge in [-0.2, -0.15) is 0 Å². The average Bonchev–Trinajstić information content (AvgIpc) is 3.12. The number of carbonyl (C=O) groups excluding carboxylic acids is 2. The van der Waals surface area contributed by atoms with Crippen LogP contribution in [0, 0.1) is 28.6 Å². The first-order valence-corrected chi connectivity index (χ1v) is 13.1. The predicted octanol–water partition coefficient (Wildman–Crippen LogP) is 5.40. The Kier molecular flexibility index (Phi) is 5.87. The van der Waals surface area contributed by atoms with Crippen LogP contribution in [-0.2, 0) is 16.0 Å². The largest absolute Gasteiger partial charge is 0.353 e. The van der Waals surface area contributed by atoms with Crippen LogP contribution in [-0.4, -0.2) is 35.8 Å². The topological polar surface area (TPSA) is 49.4 Å². The third-order valence-corrected chi connectivity index (χ3v) is 10.3. The standard InChI is InChI=1S/C28H37ClN2O2/c1-27-16-14-22-20(9-12-24-28(22,2)17-15-26(33)31(24)3)21(27)10-11-23(27)30-25(32)13-6-18-4-7-19(29)8-5-18/h4-5,7-8,15,17,20-24H,6,9-14,16H2,1-3H3,(H,30,32)/t20-,21-,22-,23-,24+,27-,28+/m0/s1. The Hall–Kier alpha value is -1.81. The molecule has 0 unspecified atom stereocenters. The van der Waals surface area contributed by atoms with Crippen molar-refractivity contribution in [1.82, 2.24) is 10.2 Å². The maximum absolute atomic E-state index is 12.9. The third kappa shape index (κ3) is 3.83. The molecule has 33 heavy (non-hydrogen) atoms. The normalized spacial score (nSPS) is 39.6. The summed E-state index contributed by atoms with van der Waals surface area (Å²) in [5.74, 6) is 2.29. The Labute approximate surface area is 203 Å². The molecule has 0 saturated heterocycles. The Bertz CT molecular complexity index is 959. The number of aryl methyl sites for hydroxylation is 1. The number of amides is 2. The smallest absolute Gasteiger partial charge is 0.246 e. The minimum atomic E-state index is 0.0762. The van der Waals surface area contributed by atoms with Gasteiger partial charge in [0.2, 0.25) is 11.8 Å². The Morgan fingerprint density at radius 2 is 1.85 bits per heavy atom. The van der Waals surface area contributed by atoms with E-state index < -0.39 is 0 Å². The molecule has 3 fully saturated rings. The van der Waals surface area contributed by atoms with Gasteiger partial charge in [-0.05, 0) is 91.9 Å². The van der Waals surface area contributed by atoms with E-state index in [0.29, 0.717) is 30.2 Å². The van der Waals surface area contributed by atoms with E-state index in [-0.39, 0.29) is 28.7 Å². The highest BCUT2D eigenvalue weighted by Gasteiger charge is 2.60. The summed E-state index contributed by atoms with van der Waals surface area (Å²) in [5, 5.41) is 4.17. The second-order valence-corrected chi connectivity index (χ2v) is 11.9. The van der Waals surface area contributed by atoms with Gasteiger partial charge in [-0.3, -0.25) is 9.59 Å². The molecule has 1 N–H and O–H groups in total. The molecule has 178 valence electrons. The van der Waals surface area contributed by atoms with E-state index in [4.69, 9.17) is 11.6 Å². The van der Waals surface area contributed by atoms with E-state index >= 15 is 0 Å². The Balaban J connectivity index is 1.26. The number of nitrogens with zero attached hydrogens (tertiary/aromatic N) is 1. The van der Waals surface area contributed by atoms with Gasteiger partial charge in [0.1, 0.15) is 0 Å². The zero-order valence-corrected chi connectivity index (χ0v) is 20.9. The first-order valence-electron chi connectivity index (χ1n) is 12.7. The van der Waals surface area contributed by atoms with Crippen molar-refractivity contribution in [2.45, 2.75) is 77.3 Å². The second kappa shape index (κ2) is 8.45. The zero-order chi connectivity index (χ0) is 23.4. The second-order valence-electron chi connectivity index (χ2n) is 11.5. The molecule has 4 nitrogen and oxygen atoms in total. The molecule has 2 amide bonds. The van der Waals surface area contributed by atoms with Crippen LogP contribution in [0.1, 0.15) is 64.4 Å². The number of halogens is 1. The Morgan fingerprint density at radius 3 is 2.61 bits per heavy atom. The molecule has 1 aromatic rings. The van der Waals surface area contributed by atoms with Crippen LogP contribution in [0.15, 0.2) is 36.4 Å². The molecular weight excluding hydrogens is 432 g/mol. The van der Waals surface area contributed by atoms with Gasteiger partial charge in [-0.1, -0.05) is 43.7 Å². The molecule has 3 saturated carbocycles. The summed E-state index contributed by atoms with van der Waals surface area (Å²) in [5.41, 5.74) is 1.41. The highest BCUT2D eigenvalue weighted by molar-refractivity contribution is 6.30. The molecule has 0 spiro atoms. The van der Waals surface area contributed by atoms with E-state index in [1.165, 1.54) is 19.3 Å². The fourth-order valence-electron chi connectivity index (χ4n) is 8.15. The van der Waals surface area contributed by atoms with Gasteiger partial charge in [0, 0.05) is 36.0 Å². The number of hydrogen-bond donors (Lipinski definition) is 1. The van der Waals surface area contributed by atoms with Gasteiger partial charge < -0.3 is 10.2 Å². The molecule has 0 bridgehead atoms. The molecule has 1 heterocycles. The average molecular weight is 469 g/mol. The van der Waals surface area contributed by atoms with Crippen molar-refractivity contribution in [2.75, 3.05) is 7.05 Å². The van der Waals surface area contributed by atoms with Crippen LogP contribution in [0.25, 0.3) is 0 Å². The maximum Gasteiger partial charge on any atom is 0.246 e. The molecule has 5 rings (SSSR count). The van der Waals surface area contributed by atoms with Gasteiger partial charge in [-0.15, -0.1) is 0 Å². The van der Waals surface area contributed by atoms with E-state index in [1.807, 2.05) is 42.3 Å². The van der Waals surface area contributed by atoms with Crippen LogP contribution in [0.2, 0.25) is 5.02 Å². The highest BCUT2D eigenvalue weighted by Crippen LogP contribution is 2.63. The molecule has 0 radical (unpaired) electrons. The van der Waals surface area contributed by atoms with Gasteiger partial charge in [0.05, 0.1) is 0 Å². The van der Waals surface area contributed by atoms with Crippen molar-refractivity contribution in [3.63, 3.8) is 0 Å². The first-order chi connectivity index (χ1) is 15.7. The Morgan fingerprint density at radius 1 is 1.09 bits per heavy atom. The predicted molar refractivity (Wildman–Crippen MR) is 132 cm³/mol. The molecule has 5 heteroatoms. The summed E-state index contributed by atoms with van der Waals surface area (Å²) in [7, 11) is 1.98. The fraction of sp³-hybridized carbons (Fsp3) is 0.643. The summed E-state index contributed by atoms with van der Waals surface area (Å²) in [4.78, 5) is 27.1. The molecule has 0 aromatic heterocycles. The molecule has 4 aliphatic rings. The lowest BCUT2D eigenvalue weighted by molar-refractivity contribution is -0.138. The van der Waals surface area contributed by atoms with Crippen LogP contribution >= 0.6 is 11.6 Å². The number of carbonyl (C=O) groups is 2. The lowest BCUT2D eigenvalue weighted by Gasteiger charge is -2.60. The highest BCUT2D eigenvalue weighted by atomic mass is 35.5. The van der Waals surface area contributed by atoms with Gasteiger partial charge in [-0.25, -0.2) is 0 Å². The van der Waals surface area contributed by atoms with Crippen LogP contribution < -0.4 is 5.32 Å². The molecule has 1 aromatic carbocycles. The lowest BCUT2D eigenvalue weighted by Crippen LogP contribution is -2.60. The van der Waals surface area contributed by atoms with Crippen molar-refractivity contribution in [3.8, 4) is 0 Å². The number of hydrogen-bond acceptors (Lipinski definition) is 2. The van der Waals surface area contributed by atoms with Crippen molar-refractivity contribution in [2.24, 2.45) is 28.6 Å². The van der Waals surface area contributed by atoms with E-state index in [2.05, 4.69) is 25.2 Å². The summed E-state index contributed by atoms with van der Waals surface area (Å²) in [6, 6.07) is 8.39. The quantitative estimate of drug-likeness (QED) is 0.643. The summed E-state index contributed by atoms with van der Waals surface area (Å²) >= 11 is 5.98. The minimum absolute atomic E-state index is 0.0762. The monoisotopic (exact) mass is 468 g/mol. The van der Waals surface area contributed by atoms with Crippen LogP contribution in [0.4, 0.5) is 0 Å². The van der Waals surface area contributed by atoms with Gasteiger partial charge in [0.25, 0.3) is 0 Å². The van der Waals surface area contributed by atoms with Crippen LogP contribution in [0.3, 0.4) is 0 Å². The summed E-state index contributed by atoms with van der Waals surface area (Å²) in [6.07, 6.45) is 12.3. The SMILES string of the molecule is CN1C(=O)C=C[C@]2(C)[C@H]3CC[C@]4(C)[C@@H](NC(=O)CCc5ccc(Cl)cc5)CC[C@H]4[C@@H]3CC[C@@H]12. The fourth-order valence-corrected chi connectivity index (χ4v) is 8.28. The van der Waals surface area contributed by atoms with Gasteiger partial charge >= 0.3 is 0 Å². The number of rotatable bonds is 4. The van der Waals surface area contributed by atoms with Crippen molar-refractivity contribution in [3.05, 3.63) is 47.0 Å². The zero-order valence-electron chi connectivity index (χ0n) is 20.1. The number of nitrogens with one attached hydrogen (secondary N) is 1. The first kappa shape index (κ1) is 23.0. The van der Waals surface area contributed by atoms with Crippen molar-refractivity contribution < 1.29 is 9.59 Å².